The van der Waals surface area contributed by atoms with E-state index in [1.807, 2.05) is 6.92 Å². The third kappa shape index (κ3) is 3.98. The minimum absolute atomic E-state index is 0.0272. The van der Waals surface area contributed by atoms with Crippen molar-refractivity contribution in [1.29, 1.82) is 0 Å². The maximum atomic E-state index is 11.4. The summed E-state index contributed by atoms with van der Waals surface area (Å²) in [7, 11) is 2.87. The Bertz CT molecular complexity index is 479. The van der Waals surface area contributed by atoms with Crippen LogP contribution in [0.3, 0.4) is 0 Å². The van der Waals surface area contributed by atoms with E-state index in [-0.39, 0.29) is 6.42 Å². The van der Waals surface area contributed by atoms with Crippen LogP contribution < -0.4 is 9.47 Å². The number of ether oxygens (including phenoxy) is 3. The van der Waals surface area contributed by atoms with E-state index >= 15 is 0 Å². The molecule has 0 saturated heterocycles. The highest BCUT2D eigenvalue weighted by molar-refractivity contribution is 5.76. The zero-order valence-corrected chi connectivity index (χ0v) is 11.6. The molecule has 0 N–H and O–H groups in total. The predicted molar refractivity (Wildman–Crippen MR) is 69.4 cm³/mol. The fourth-order valence-corrected chi connectivity index (χ4v) is 1.73. The summed E-state index contributed by atoms with van der Waals surface area (Å²) in [5.41, 5.74) is 1.48. The first-order chi connectivity index (χ1) is 9.01. The van der Waals surface area contributed by atoms with Gasteiger partial charge in [0, 0.05) is 12.5 Å². The number of carbonyl (C=O) groups excluding carboxylic acids is 2. The fourth-order valence-electron chi connectivity index (χ4n) is 1.73. The molecule has 19 heavy (non-hydrogen) atoms. The number of aryl methyl sites for hydroxylation is 1. The minimum atomic E-state index is -0.432. The lowest BCUT2D eigenvalue weighted by molar-refractivity contribution is -0.140. The first-order valence-corrected chi connectivity index (χ1v) is 5.96. The standard InChI is InChI=1S/C14H18O5/c1-5-10-6-13(19-9(2)15)11(7-12(10)17-3)8-14(16)18-4/h6-7H,5,8H2,1-4H3. The Hall–Kier alpha value is -2.04. The maximum absolute atomic E-state index is 11.4. The Balaban J connectivity index is 3.22. The Kier molecular flexibility index (Phi) is 5.36. The lowest BCUT2D eigenvalue weighted by Crippen LogP contribution is -2.10. The number of carbonyl (C=O) groups is 2. The molecule has 0 fully saturated rings. The zero-order chi connectivity index (χ0) is 14.4. The SMILES string of the molecule is CCc1cc(OC(C)=O)c(CC(=O)OC)cc1OC. The molecule has 1 aromatic rings. The van der Waals surface area contributed by atoms with Gasteiger partial charge in [-0.15, -0.1) is 0 Å². The molecule has 0 amide bonds. The maximum Gasteiger partial charge on any atom is 0.310 e. The highest BCUT2D eigenvalue weighted by Gasteiger charge is 2.15. The van der Waals surface area contributed by atoms with Gasteiger partial charge in [0.15, 0.2) is 0 Å². The van der Waals surface area contributed by atoms with E-state index in [0.717, 1.165) is 12.0 Å². The first-order valence-electron chi connectivity index (χ1n) is 5.96. The molecule has 1 aromatic carbocycles. The molecule has 0 bridgehead atoms. The lowest BCUT2D eigenvalue weighted by atomic mass is 10.0. The molecule has 0 aliphatic heterocycles. The van der Waals surface area contributed by atoms with Crippen molar-refractivity contribution >= 4 is 11.9 Å². The van der Waals surface area contributed by atoms with E-state index in [4.69, 9.17) is 9.47 Å². The molecule has 0 aliphatic carbocycles. The van der Waals surface area contributed by atoms with E-state index in [1.54, 1.807) is 19.2 Å². The second-order valence-corrected chi connectivity index (χ2v) is 3.97. The van der Waals surface area contributed by atoms with Crippen LogP contribution in [0.4, 0.5) is 0 Å². The van der Waals surface area contributed by atoms with Crippen LogP contribution in [0, 0.1) is 0 Å². The fraction of sp³-hybridized carbons (Fsp3) is 0.429. The smallest absolute Gasteiger partial charge is 0.310 e. The topological polar surface area (TPSA) is 61.8 Å². The van der Waals surface area contributed by atoms with E-state index < -0.39 is 11.9 Å². The summed E-state index contributed by atoms with van der Waals surface area (Å²) in [6.45, 7) is 3.28. The normalized spacial score (nSPS) is 9.89. The van der Waals surface area contributed by atoms with Gasteiger partial charge in [0.25, 0.3) is 0 Å². The van der Waals surface area contributed by atoms with Crippen molar-refractivity contribution in [2.75, 3.05) is 14.2 Å². The van der Waals surface area contributed by atoms with Crippen molar-refractivity contribution in [2.24, 2.45) is 0 Å². The van der Waals surface area contributed by atoms with Crippen LogP contribution in [0.2, 0.25) is 0 Å². The van der Waals surface area contributed by atoms with Crippen molar-refractivity contribution in [3.8, 4) is 11.5 Å². The molecular weight excluding hydrogens is 248 g/mol. The third-order valence-corrected chi connectivity index (χ3v) is 2.66. The zero-order valence-electron chi connectivity index (χ0n) is 11.6. The molecule has 0 radical (unpaired) electrons. The van der Waals surface area contributed by atoms with Gasteiger partial charge in [-0.25, -0.2) is 0 Å². The largest absolute Gasteiger partial charge is 0.496 e. The van der Waals surface area contributed by atoms with Crippen LogP contribution in [-0.2, 0) is 27.2 Å². The Morgan fingerprint density at radius 3 is 2.21 bits per heavy atom. The van der Waals surface area contributed by atoms with Crippen molar-refractivity contribution < 1.29 is 23.8 Å². The molecule has 0 spiro atoms. The molecule has 0 heterocycles. The van der Waals surface area contributed by atoms with E-state index in [0.29, 0.717) is 17.1 Å². The van der Waals surface area contributed by atoms with Gasteiger partial charge in [0.05, 0.1) is 20.6 Å². The van der Waals surface area contributed by atoms with Crippen molar-refractivity contribution in [3.05, 3.63) is 23.3 Å². The van der Waals surface area contributed by atoms with Crippen molar-refractivity contribution in [2.45, 2.75) is 26.7 Å². The number of hydrogen-bond acceptors (Lipinski definition) is 5. The third-order valence-electron chi connectivity index (χ3n) is 2.66. The Morgan fingerprint density at radius 2 is 1.74 bits per heavy atom. The number of esters is 2. The number of methoxy groups -OCH3 is 2. The van der Waals surface area contributed by atoms with E-state index in [1.165, 1.54) is 14.0 Å². The van der Waals surface area contributed by atoms with Crippen LogP contribution in [0.1, 0.15) is 25.0 Å². The quantitative estimate of drug-likeness (QED) is 0.601. The van der Waals surface area contributed by atoms with E-state index in [9.17, 15) is 9.59 Å². The Labute approximate surface area is 112 Å². The van der Waals surface area contributed by atoms with Gasteiger partial charge in [0.2, 0.25) is 0 Å². The summed E-state index contributed by atoms with van der Waals surface area (Å²) in [5, 5.41) is 0. The van der Waals surface area contributed by atoms with Crippen LogP contribution >= 0.6 is 0 Å². The molecule has 0 unspecified atom stereocenters. The first kappa shape index (κ1) is 15.0. The molecule has 0 atom stereocenters. The highest BCUT2D eigenvalue weighted by Crippen LogP contribution is 2.30. The summed E-state index contributed by atoms with van der Waals surface area (Å²) in [6, 6.07) is 3.42. The average molecular weight is 266 g/mol. The van der Waals surface area contributed by atoms with Crippen LogP contribution in [0.15, 0.2) is 12.1 Å². The summed E-state index contributed by atoms with van der Waals surface area (Å²) < 4.78 is 15.0. The monoisotopic (exact) mass is 266 g/mol. The van der Waals surface area contributed by atoms with Gasteiger partial charge < -0.3 is 14.2 Å². The molecular formula is C14H18O5. The number of rotatable bonds is 5. The van der Waals surface area contributed by atoms with Gasteiger partial charge in [-0.05, 0) is 24.1 Å². The van der Waals surface area contributed by atoms with E-state index in [2.05, 4.69) is 4.74 Å². The second kappa shape index (κ2) is 6.78. The Morgan fingerprint density at radius 1 is 1.11 bits per heavy atom. The molecule has 5 heteroatoms. The number of hydrogen-bond donors (Lipinski definition) is 0. The molecule has 0 saturated carbocycles. The average Bonchev–Trinajstić information content (AvgIpc) is 2.39. The second-order valence-electron chi connectivity index (χ2n) is 3.97. The summed E-state index contributed by atoms with van der Waals surface area (Å²) in [4.78, 5) is 22.5. The summed E-state index contributed by atoms with van der Waals surface area (Å²) in [6.07, 6.45) is 0.759. The predicted octanol–water partition coefficient (Wildman–Crippen LogP) is 1.90. The van der Waals surface area contributed by atoms with Gasteiger partial charge in [-0.2, -0.15) is 0 Å². The molecule has 5 nitrogen and oxygen atoms in total. The van der Waals surface area contributed by atoms with Crippen LogP contribution in [-0.4, -0.2) is 26.2 Å². The van der Waals surface area contributed by atoms with Gasteiger partial charge in [-0.3, -0.25) is 9.59 Å². The highest BCUT2D eigenvalue weighted by atomic mass is 16.5. The van der Waals surface area contributed by atoms with Gasteiger partial charge >= 0.3 is 11.9 Å². The van der Waals surface area contributed by atoms with Crippen molar-refractivity contribution in [3.63, 3.8) is 0 Å². The molecule has 0 aromatic heterocycles. The summed E-state index contributed by atoms with van der Waals surface area (Å²) >= 11 is 0. The van der Waals surface area contributed by atoms with Gasteiger partial charge in [-0.1, -0.05) is 6.92 Å². The lowest BCUT2D eigenvalue weighted by Gasteiger charge is -2.13. The molecule has 104 valence electrons. The van der Waals surface area contributed by atoms with Gasteiger partial charge in [0.1, 0.15) is 11.5 Å². The molecule has 1 rings (SSSR count). The molecule has 0 aliphatic rings. The summed E-state index contributed by atoms with van der Waals surface area (Å²) in [5.74, 6) is 0.200. The van der Waals surface area contributed by atoms with Crippen molar-refractivity contribution in [1.82, 2.24) is 0 Å². The number of benzene rings is 1. The minimum Gasteiger partial charge on any atom is -0.496 e. The van der Waals surface area contributed by atoms with Crippen LogP contribution in [0.5, 0.6) is 11.5 Å². The van der Waals surface area contributed by atoms with Crippen LogP contribution in [0.25, 0.3) is 0 Å².